The molecule has 0 heterocycles. The molecule has 0 unspecified atom stereocenters. The minimum absolute atomic E-state index is 0.0567. The molecule has 12 heteroatoms. The summed E-state index contributed by atoms with van der Waals surface area (Å²) in [5.41, 5.74) is -2.25. The number of fused-ring (bicyclic) bond motifs is 5. The summed E-state index contributed by atoms with van der Waals surface area (Å²) < 4.78 is 0. The Balaban J connectivity index is 0.000000512. The van der Waals surface area contributed by atoms with Crippen molar-refractivity contribution in [3.8, 4) is 0 Å². The maximum absolute atomic E-state index is 12.6. The van der Waals surface area contributed by atoms with Crippen molar-refractivity contribution in [1.29, 1.82) is 0 Å². The van der Waals surface area contributed by atoms with Crippen molar-refractivity contribution in [2.24, 2.45) is 28.6 Å². The Morgan fingerprint density at radius 2 is 1.42 bits per heavy atom. The average Bonchev–Trinajstić information content (AvgIpc) is 3.15. The first kappa shape index (κ1) is 38.4. The van der Waals surface area contributed by atoms with Crippen LogP contribution in [0.2, 0.25) is 0 Å². The monoisotopic (exact) mass is 630 g/mol. The molecule has 43 heavy (non-hydrogen) atoms. The lowest BCUT2D eigenvalue weighted by Gasteiger charge is -2.63. The van der Waals surface area contributed by atoms with Crippen molar-refractivity contribution in [3.63, 3.8) is 0 Å². The molecule has 6 N–H and O–H groups in total. The Morgan fingerprint density at radius 3 is 1.84 bits per heavy atom. The predicted octanol–water partition coefficient (Wildman–Crippen LogP) is 3.61. The van der Waals surface area contributed by atoms with Gasteiger partial charge in [-0.05, 0) is 55.6 Å². The molecule has 0 aliphatic heterocycles. The molecule has 4 aliphatic rings. The number of halogens is 1. The molecule has 0 radical (unpaired) electrons. The number of carboxylic acid groups (broad SMARTS) is 3. The minimum Gasteiger partial charge on any atom is -0.481 e. The third-order valence-corrected chi connectivity index (χ3v) is 10.6. The highest BCUT2D eigenvalue weighted by Crippen LogP contribution is 2.71. The largest absolute Gasteiger partial charge is 0.481 e. The third kappa shape index (κ3) is 7.21. The number of Topliss-reactive ketones (excluding diaryl/α,β-unsaturated/α-hetero) is 1. The van der Waals surface area contributed by atoms with Crippen molar-refractivity contribution in [3.05, 3.63) is 23.8 Å². The van der Waals surface area contributed by atoms with Gasteiger partial charge in [0.2, 0.25) is 0 Å². The molecule has 0 aromatic carbocycles. The third-order valence-electron chi connectivity index (χ3n) is 9.70. The molecule has 3 fully saturated rings. The molecular formula is C31H47ClO11. The van der Waals surface area contributed by atoms with Crippen molar-refractivity contribution < 1.29 is 54.6 Å². The first-order valence-corrected chi connectivity index (χ1v) is 15.0. The molecule has 11 nitrogen and oxygen atoms in total. The second-order valence-electron chi connectivity index (χ2n) is 12.0. The number of aliphatic hydroxyl groups is 3. The lowest BCUT2D eigenvalue weighted by atomic mass is 9.45. The number of carbonyl (C=O) groups excluding carboxylic acids is 2. The molecule has 3 saturated carbocycles. The van der Waals surface area contributed by atoms with Gasteiger partial charge in [0.05, 0.1) is 11.0 Å². The number of carbonyl (C=O) groups is 5. The van der Waals surface area contributed by atoms with E-state index in [9.17, 15) is 39.3 Å². The van der Waals surface area contributed by atoms with Crippen molar-refractivity contribution in [1.82, 2.24) is 0 Å². The number of aliphatic carboxylic acids is 3. The molecule has 0 saturated heterocycles. The van der Waals surface area contributed by atoms with E-state index in [2.05, 4.69) is 0 Å². The smallest absolute Gasteiger partial charge is 0.303 e. The van der Waals surface area contributed by atoms with Crippen LogP contribution in [0.1, 0.15) is 86.5 Å². The van der Waals surface area contributed by atoms with E-state index in [-0.39, 0.29) is 49.2 Å². The molecule has 0 bridgehead atoms. The normalized spacial score (nSPS) is 36.8. The first-order valence-electron chi connectivity index (χ1n) is 14.6. The van der Waals surface area contributed by atoms with Crippen LogP contribution in [0, 0.1) is 28.6 Å². The number of carboxylic acids is 3. The topological polar surface area (TPSA) is 207 Å². The Morgan fingerprint density at radius 1 is 0.953 bits per heavy atom. The van der Waals surface area contributed by atoms with Gasteiger partial charge in [0.15, 0.2) is 11.6 Å². The minimum atomic E-state index is -1.68. The van der Waals surface area contributed by atoms with E-state index in [0.717, 1.165) is 5.57 Å². The fourth-order valence-electron chi connectivity index (χ4n) is 7.26. The average molecular weight is 631 g/mol. The van der Waals surface area contributed by atoms with Crippen molar-refractivity contribution >= 4 is 41.1 Å². The van der Waals surface area contributed by atoms with Gasteiger partial charge in [0.1, 0.15) is 12.2 Å². The highest BCUT2D eigenvalue weighted by atomic mass is 35.5. The summed E-state index contributed by atoms with van der Waals surface area (Å²) in [6.45, 7) is 9.77. The molecule has 4 aliphatic carbocycles. The SMILES string of the molecule is CCC(=O)O.CCC(=O)O.CCC(=O)O.C[C@H]1C[C@H]2[C@@H]3CCC4=CC(=O)C=C[C@]4(C)[C@@]3(Cl)[C@@H](O)C[C@]2(C)[C@@]1(O)C(=O)CO. The summed E-state index contributed by atoms with van der Waals surface area (Å²) in [4.78, 5) is 51.6. The van der Waals surface area contributed by atoms with Gasteiger partial charge in [-0.1, -0.05) is 53.2 Å². The number of ketones is 2. The summed E-state index contributed by atoms with van der Waals surface area (Å²) in [7, 11) is 0. The van der Waals surface area contributed by atoms with Crippen molar-refractivity contribution in [2.45, 2.75) is 103 Å². The number of hydrogen-bond donors (Lipinski definition) is 6. The van der Waals surface area contributed by atoms with E-state index < -0.39 is 57.7 Å². The maximum atomic E-state index is 12.6. The summed E-state index contributed by atoms with van der Waals surface area (Å²) >= 11 is 7.30. The highest BCUT2D eigenvalue weighted by molar-refractivity contribution is 6.26. The van der Waals surface area contributed by atoms with Crippen LogP contribution >= 0.6 is 11.6 Å². The zero-order valence-corrected chi connectivity index (χ0v) is 26.6. The summed E-state index contributed by atoms with van der Waals surface area (Å²) in [6.07, 6.45) is 6.89. The molecule has 4 rings (SSSR count). The molecule has 244 valence electrons. The van der Waals surface area contributed by atoms with Crippen LogP contribution in [0.5, 0.6) is 0 Å². The summed E-state index contributed by atoms with van der Waals surface area (Å²) in [5, 5.41) is 55.5. The zero-order valence-electron chi connectivity index (χ0n) is 25.8. The van der Waals surface area contributed by atoms with E-state index in [0.29, 0.717) is 19.3 Å². The van der Waals surface area contributed by atoms with E-state index in [1.807, 2.05) is 26.8 Å². The molecular weight excluding hydrogens is 584 g/mol. The van der Waals surface area contributed by atoms with E-state index in [1.54, 1.807) is 26.8 Å². The van der Waals surface area contributed by atoms with Gasteiger partial charge in [-0.3, -0.25) is 24.0 Å². The van der Waals surface area contributed by atoms with Gasteiger partial charge in [-0.25, -0.2) is 0 Å². The van der Waals surface area contributed by atoms with Crippen LogP contribution < -0.4 is 0 Å². The number of aliphatic hydroxyl groups excluding tert-OH is 2. The van der Waals surface area contributed by atoms with Crippen LogP contribution in [-0.2, 0) is 24.0 Å². The lowest BCUT2D eigenvalue weighted by Crippen LogP contribution is -2.69. The van der Waals surface area contributed by atoms with Crippen LogP contribution in [-0.4, -0.2) is 83.3 Å². The number of hydrogen-bond acceptors (Lipinski definition) is 8. The first-order chi connectivity index (χ1) is 19.8. The second kappa shape index (κ2) is 14.9. The fourth-order valence-corrected chi connectivity index (χ4v) is 7.78. The maximum Gasteiger partial charge on any atom is 0.303 e. The molecule has 0 aromatic rings. The molecule has 0 amide bonds. The second-order valence-corrected chi connectivity index (χ2v) is 12.6. The Bertz CT molecular complexity index is 1100. The number of alkyl halides is 1. The van der Waals surface area contributed by atoms with E-state index in [1.165, 1.54) is 6.08 Å². The van der Waals surface area contributed by atoms with Crippen LogP contribution in [0.25, 0.3) is 0 Å². The molecule has 0 aromatic heterocycles. The van der Waals surface area contributed by atoms with Crippen LogP contribution in [0.4, 0.5) is 0 Å². The van der Waals surface area contributed by atoms with Crippen LogP contribution in [0.3, 0.4) is 0 Å². The predicted molar refractivity (Wildman–Crippen MR) is 158 cm³/mol. The van der Waals surface area contributed by atoms with Gasteiger partial charge in [0.25, 0.3) is 0 Å². The van der Waals surface area contributed by atoms with Crippen molar-refractivity contribution in [2.75, 3.05) is 6.61 Å². The number of allylic oxidation sites excluding steroid dienone is 4. The van der Waals surface area contributed by atoms with Gasteiger partial charge < -0.3 is 30.6 Å². The zero-order chi connectivity index (χ0) is 33.6. The summed E-state index contributed by atoms with van der Waals surface area (Å²) in [6, 6.07) is 0. The fraction of sp³-hybridized carbons (Fsp3) is 0.710. The highest BCUT2D eigenvalue weighted by Gasteiger charge is 2.74. The van der Waals surface area contributed by atoms with E-state index in [4.69, 9.17) is 26.9 Å². The molecule has 8 atom stereocenters. The Labute approximate surface area is 257 Å². The van der Waals surface area contributed by atoms with Gasteiger partial charge >= 0.3 is 17.9 Å². The Kier molecular flexibility index (Phi) is 13.3. The van der Waals surface area contributed by atoms with Gasteiger partial charge in [-0.15, -0.1) is 11.6 Å². The van der Waals surface area contributed by atoms with E-state index >= 15 is 0 Å². The summed E-state index contributed by atoms with van der Waals surface area (Å²) in [5.74, 6) is -3.38. The standard InChI is InChI=1S/C22H29ClO5.3C3H6O2/c1-12-8-16-15-5-4-13-9-14(25)6-7-19(13,2)21(15,23)17(26)10-20(16,3)22(12,28)18(27)11-24;3*1-2-3(4)5/h6-7,9,12,15-17,24,26,28H,4-5,8,10-11H2,1-3H3;3*2H2,1H3,(H,4,5)/t12-,15-,16-,17-,19-,20-,21-,22-;;;/m0.../s1. The number of rotatable bonds is 5. The quantitative estimate of drug-likeness (QED) is 0.242. The van der Waals surface area contributed by atoms with Crippen LogP contribution in [0.15, 0.2) is 23.8 Å². The lowest BCUT2D eigenvalue weighted by molar-refractivity contribution is -0.179. The Hall–Kier alpha value is -2.60. The molecule has 0 spiro atoms. The van der Waals surface area contributed by atoms with Gasteiger partial charge in [0, 0.05) is 30.1 Å². The van der Waals surface area contributed by atoms with Gasteiger partial charge in [-0.2, -0.15) is 0 Å².